The molecule has 0 unspecified atom stereocenters. The zero-order valence-electron chi connectivity index (χ0n) is 7.66. The van der Waals surface area contributed by atoms with Gasteiger partial charge in [-0.25, -0.2) is 0 Å². The maximum Gasteiger partial charge on any atom is 0.415 e. The molecule has 0 saturated heterocycles. The Morgan fingerprint density at radius 2 is 1.93 bits per heavy atom. The van der Waals surface area contributed by atoms with Crippen LogP contribution in [0.15, 0.2) is 29.2 Å². The summed E-state index contributed by atoms with van der Waals surface area (Å²) < 4.78 is 35.9. The van der Waals surface area contributed by atoms with E-state index in [1.54, 1.807) is 24.3 Å². The topological polar surface area (TPSA) is 46.2 Å². The van der Waals surface area contributed by atoms with Crippen LogP contribution in [-0.4, -0.2) is 23.1 Å². The van der Waals surface area contributed by atoms with Gasteiger partial charge in [-0.3, -0.25) is 0 Å². The van der Waals surface area contributed by atoms with Crippen LogP contribution in [0.3, 0.4) is 0 Å². The van der Waals surface area contributed by atoms with Crippen LogP contribution in [0.1, 0.15) is 0 Å². The first-order chi connectivity index (χ1) is 6.91. The number of alkyl halides is 3. The number of hydrogen-bond donors (Lipinski definition) is 2. The molecule has 84 valence electrons. The maximum atomic E-state index is 12.0. The second-order valence-electron chi connectivity index (χ2n) is 2.91. The summed E-state index contributed by atoms with van der Waals surface area (Å²) in [6.07, 6.45) is -6.89. The molecule has 0 saturated carbocycles. The van der Waals surface area contributed by atoms with Gasteiger partial charge in [0.15, 0.2) is 6.10 Å². The van der Waals surface area contributed by atoms with Crippen molar-refractivity contribution in [3.8, 4) is 0 Å². The zero-order valence-corrected chi connectivity index (χ0v) is 8.48. The molecule has 15 heavy (non-hydrogen) atoms. The first kappa shape index (κ1) is 12.2. The molecule has 0 amide bonds. The van der Waals surface area contributed by atoms with Gasteiger partial charge in [-0.1, -0.05) is 12.1 Å². The predicted octanol–water partition coefficient (Wildman–Crippen LogP) is 2.28. The van der Waals surface area contributed by atoms with E-state index in [-0.39, 0.29) is 0 Å². The van der Waals surface area contributed by atoms with Crippen molar-refractivity contribution < 1.29 is 18.3 Å². The van der Waals surface area contributed by atoms with Crippen LogP contribution in [-0.2, 0) is 0 Å². The van der Waals surface area contributed by atoms with E-state index >= 15 is 0 Å². The van der Waals surface area contributed by atoms with E-state index in [1.807, 2.05) is 0 Å². The number of hydrogen-bond acceptors (Lipinski definition) is 3. The van der Waals surface area contributed by atoms with Gasteiger partial charge < -0.3 is 10.8 Å². The van der Waals surface area contributed by atoms with Crippen molar-refractivity contribution >= 4 is 17.4 Å². The van der Waals surface area contributed by atoms with Gasteiger partial charge in [0.25, 0.3) is 0 Å². The number of nitrogens with two attached hydrogens (primary N) is 1. The third kappa shape index (κ3) is 3.64. The van der Waals surface area contributed by atoms with Crippen LogP contribution in [0.2, 0.25) is 0 Å². The Hall–Kier alpha value is -0.880. The molecule has 3 N–H and O–H groups in total. The Morgan fingerprint density at radius 1 is 1.33 bits per heavy atom. The Kier molecular flexibility index (Phi) is 3.87. The van der Waals surface area contributed by atoms with E-state index in [4.69, 9.17) is 10.8 Å². The molecule has 0 heterocycles. The number of aliphatic hydroxyl groups excluding tert-OH is 1. The summed E-state index contributed by atoms with van der Waals surface area (Å²) in [5, 5.41) is 8.75. The minimum absolute atomic E-state index is 0.414. The lowest BCUT2D eigenvalue weighted by atomic mass is 10.3. The SMILES string of the molecule is Nc1ccccc1SC[C@@H](O)C(F)(F)F. The highest BCUT2D eigenvalue weighted by atomic mass is 32.2. The summed E-state index contributed by atoms with van der Waals surface area (Å²) in [6, 6.07) is 6.59. The quantitative estimate of drug-likeness (QED) is 0.626. The summed E-state index contributed by atoms with van der Waals surface area (Å²) >= 11 is 0.887. The maximum absolute atomic E-state index is 12.0. The fourth-order valence-corrected chi connectivity index (χ4v) is 1.81. The van der Waals surface area contributed by atoms with Gasteiger partial charge in [0.1, 0.15) is 0 Å². The van der Waals surface area contributed by atoms with E-state index < -0.39 is 18.0 Å². The molecule has 0 spiro atoms. The summed E-state index contributed by atoms with van der Waals surface area (Å²) in [6.45, 7) is 0. The normalized spacial score (nSPS) is 13.9. The molecule has 1 rings (SSSR count). The molecule has 0 aliphatic rings. The summed E-state index contributed by atoms with van der Waals surface area (Å²) in [4.78, 5) is 0.542. The number of thioether (sulfide) groups is 1. The zero-order chi connectivity index (χ0) is 11.5. The third-order valence-electron chi connectivity index (χ3n) is 1.69. The van der Waals surface area contributed by atoms with E-state index in [9.17, 15) is 13.2 Å². The molecule has 0 fully saturated rings. The fourth-order valence-electron chi connectivity index (χ4n) is 0.875. The molecule has 0 aromatic heterocycles. The molecule has 1 aromatic rings. The number of halogens is 3. The van der Waals surface area contributed by atoms with Gasteiger partial charge >= 0.3 is 6.18 Å². The summed E-state index contributed by atoms with van der Waals surface area (Å²) in [5.74, 6) is -0.447. The van der Waals surface area contributed by atoms with Crippen molar-refractivity contribution in [1.82, 2.24) is 0 Å². The van der Waals surface area contributed by atoms with Crippen LogP contribution < -0.4 is 5.73 Å². The van der Waals surface area contributed by atoms with Crippen molar-refractivity contribution in [2.45, 2.75) is 17.2 Å². The van der Waals surface area contributed by atoms with Crippen LogP contribution in [0, 0.1) is 0 Å². The number of aliphatic hydroxyl groups is 1. The summed E-state index contributed by atoms with van der Waals surface area (Å²) in [5.41, 5.74) is 5.95. The molecule has 1 aromatic carbocycles. The minimum atomic E-state index is -4.57. The Morgan fingerprint density at radius 3 is 2.47 bits per heavy atom. The lowest BCUT2D eigenvalue weighted by molar-refractivity contribution is -0.195. The van der Waals surface area contributed by atoms with Crippen LogP contribution in [0.4, 0.5) is 18.9 Å². The van der Waals surface area contributed by atoms with E-state index in [0.717, 1.165) is 11.8 Å². The van der Waals surface area contributed by atoms with E-state index in [2.05, 4.69) is 0 Å². The van der Waals surface area contributed by atoms with E-state index in [1.165, 1.54) is 0 Å². The van der Waals surface area contributed by atoms with Gasteiger partial charge in [0, 0.05) is 16.3 Å². The second-order valence-corrected chi connectivity index (χ2v) is 3.97. The van der Waals surface area contributed by atoms with Gasteiger partial charge in [0.05, 0.1) is 0 Å². The van der Waals surface area contributed by atoms with Crippen molar-refractivity contribution in [3.05, 3.63) is 24.3 Å². The van der Waals surface area contributed by atoms with Gasteiger partial charge in [-0.05, 0) is 12.1 Å². The first-order valence-electron chi connectivity index (χ1n) is 4.13. The Balaban J connectivity index is 2.55. The fraction of sp³-hybridized carbons (Fsp3) is 0.333. The second kappa shape index (κ2) is 4.76. The van der Waals surface area contributed by atoms with E-state index in [0.29, 0.717) is 10.6 Å². The highest BCUT2D eigenvalue weighted by molar-refractivity contribution is 7.99. The molecule has 0 aliphatic carbocycles. The third-order valence-corrected chi connectivity index (χ3v) is 2.86. The molecular formula is C9H10F3NOS. The molecule has 0 bridgehead atoms. The van der Waals surface area contributed by atoms with Gasteiger partial charge in [-0.15, -0.1) is 11.8 Å². The first-order valence-corrected chi connectivity index (χ1v) is 5.12. The molecule has 0 aliphatic heterocycles. The van der Waals surface area contributed by atoms with Crippen molar-refractivity contribution in [2.75, 3.05) is 11.5 Å². The van der Waals surface area contributed by atoms with Gasteiger partial charge in [0.2, 0.25) is 0 Å². The minimum Gasteiger partial charge on any atom is -0.398 e. The van der Waals surface area contributed by atoms with Crippen LogP contribution in [0.25, 0.3) is 0 Å². The molecular weight excluding hydrogens is 227 g/mol. The molecule has 2 nitrogen and oxygen atoms in total. The smallest absolute Gasteiger partial charge is 0.398 e. The largest absolute Gasteiger partial charge is 0.415 e. The summed E-state index contributed by atoms with van der Waals surface area (Å²) in [7, 11) is 0. The lowest BCUT2D eigenvalue weighted by Crippen LogP contribution is -2.30. The Labute approximate surface area is 89.3 Å². The highest BCUT2D eigenvalue weighted by Crippen LogP contribution is 2.29. The molecule has 1 atom stereocenters. The van der Waals surface area contributed by atoms with Gasteiger partial charge in [-0.2, -0.15) is 13.2 Å². The average molecular weight is 237 g/mol. The number of benzene rings is 1. The Bertz CT molecular complexity index is 329. The molecule has 0 radical (unpaired) electrons. The lowest BCUT2D eigenvalue weighted by Gasteiger charge is -2.14. The highest BCUT2D eigenvalue weighted by Gasteiger charge is 2.37. The predicted molar refractivity (Wildman–Crippen MR) is 53.6 cm³/mol. The number of para-hydroxylation sites is 1. The number of nitrogen functional groups attached to an aromatic ring is 1. The average Bonchev–Trinajstić information content (AvgIpc) is 2.14. The molecule has 6 heteroatoms. The standard InChI is InChI=1S/C9H10F3NOS/c10-9(11,12)8(14)5-15-7-4-2-1-3-6(7)13/h1-4,8,14H,5,13H2/t8-/m1/s1. The van der Waals surface area contributed by atoms with Crippen molar-refractivity contribution in [2.24, 2.45) is 0 Å². The van der Waals surface area contributed by atoms with Crippen molar-refractivity contribution in [3.63, 3.8) is 0 Å². The van der Waals surface area contributed by atoms with Crippen LogP contribution >= 0.6 is 11.8 Å². The monoisotopic (exact) mass is 237 g/mol. The van der Waals surface area contributed by atoms with Crippen molar-refractivity contribution in [1.29, 1.82) is 0 Å². The number of rotatable bonds is 3. The van der Waals surface area contributed by atoms with Crippen LogP contribution in [0.5, 0.6) is 0 Å². The number of anilines is 1.